The third-order valence-electron chi connectivity index (χ3n) is 2.22. The Bertz CT molecular complexity index is 468. The van der Waals surface area contributed by atoms with Gasteiger partial charge in [0.1, 0.15) is 5.56 Å². The SMILES string of the molecule is O=[N+]([O-])c1ccc(NCC(O)CCl)cc1C(F)(F)F. The van der Waals surface area contributed by atoms with E-state index in [1.807, 2.05) is 0 Å². The summed E-state index contributed by atoms with van der Waals surface area (Å²) in [6.45, 7) is -0.0569. The van der Waals surface area contributed by atoms with Crippen LogP contribution in [0.5, 0.6) is 0 Å². The summed E-state index contributed by atoms with van der Waals surface area (Å²) < 4.78 is 38.0. The molecule has 0 aliphatic carbocycles. The number of hydrogen-bond acceptors (Lipinski definition) is 4. The highest BCUT2D eigenvalue weighted by molar-refractivity contribution is 6.18. The normalized spacial score (nSPS) is 13.1. The van der Waals surface area contributed by atoms with E-state index in [1.54, 1.807) is 0 Å². The molecule has 0 saturated carbocycles. The standard InChI is InChI=1S/C10H10ClF3N2O3/c11-4-7(17)5-15-6-1-2-9(16(18)19)8(3-6)10(12,13)14/h1-3,7,15,17H,4-5H2. The first-order chi connectivity index (χ1) is 8.75. The molecule has 5 nitrogen and oxygen atoms in total. The number of aliphatic hydroxyl groups is 1. The van der Waals surface area contributed by atoms with Crippen LogP contribution in [0.25, 0.3) is 0 Å². The maximum Gasteiger partial charge on any atom is 0.423 e. The quantitative estimate of drug-likeness (QED) is 0.498. The van der Waals surface area contributed by atoms with Crippen LogP contribution in [0.3, 0.4) is 0 Å². The molecule has 19 heavy (non-hydrogen) atoms. The second kappa shape index (κ2) is 6.07. The van der Waals surface area contributed by atoms with Crippen molar-refractivity contribution in [2.24, 2.45) is 0 Å². The molecule has 0 saturated heterocycles. The molecule has 9 heteroatoms. The second-order valence-electron chi connectivity index (χ2n) is 3.68. The molecule has 0 fully saturated rings. The molecular formula is C10H10ClF3N2O3. The first-order valence-corrected chi connectivity index (χ1v) is 5.62. The summed E-state index contributed by atoms with van der Waals surface area (Å²) in [4.78, 5) is 9.42. The Balaban J connectivity index is 3.02. The van der Waals surface area contributed by atoms with E-state index in [4.69, 9.17) is 16.7 Å². The highest BCUT2D eigenvalue weighted by atomic mass is 35.5. The van der Waals surface area contributed by atoms with Gasteiger partial charge in [0.15, 0.2) is 0 Å². The van der Waals surface area contributed by atoms with Gasteiger partial charge < -0.3 is 10.4 Å². The molecule has 0 radical (unpaired) electrons. The van der Waals surface area contributed by atoms with Crippen molar-refractivity contribution in [2.75, 3.05) is 17.7 Å². The summed E-state index contributed by atoms with van der Waals surface area (Å²) in [5, 5.41) is 22.2. The molecule has 106 valence electrons. The second-order valence-corrected chi connectivity index (χ2v) is 3.98. The lowest BCUT2D eigenvalue weighted by Gasteiger charge is -2.12. The number of nitrogens with zero attached hydrogens (tertiary/aromatic N) is 1. The van der Waals surface area contributed by atoms with E-state index in [0.717, 1.165) is 12.1 Å². The predicted molar refractivity (Wildman–Crippen MR) is 63.3 cm³/mol. The summed E-state index contributed by atoms with van der Waals surface area (Å²) >= 11 is 5.33. The molecule has 0 heterocycles. The van der Waals surface area contributed by atoms with E-state index in [1.165, 1.54) is 0 Å². The van der Waals surface area contributed by atoms with Crippen LogP contribution in [-0.2, 0) is 6.18 Å². The van der Waals surface area contributed by atoms with Crippen molar-refractivity contribution < 1.29 is 23.2 Å². The molecule has 1 aromatic rings. The minimum absolute atomic E-state index is 0.0158. The number of aliphatic hydroxyl groups excluding tert-OH is 1. The first kappa shape index (κ1) is 15.5. The van der Waals surface area contributed by atoms with Gasteiger partial charge in [0.25, 0.3) is 5.69 Å². The monoisotopic (exact) mass is 298 g/mol. The van der Waals surface area contributed by atoms with Gasteiger partial charge in [-0.1, -0.05) is 0 Å². The van der Waals surface area contributed by atoms with Crippen LogP contribution >= 0.6 is 11.6 Å². The Kier molecular flexibility index (Phi) is 4.96. The van der Waals surface area contributed by atoms with Crippen LogP contribution in [0.15, 0.2) is 18.2 Å². The number of hydrogen-bond donors (Lipinski definition) is 2. The Hall–Kier alpha value is -1.54. The third-order valence-corrected chi connectivity index (χ3v) is 2.57. The molecule has 0 spiro atoms. The van der Waals surface area contributed by atoms with Gasteiger partial charge in [-0.2, -0.15) is 13.2 Å². The lowest BCUT2D eigenvalue weighted by atomic mass is 10.1. The molecule has 1 atom stereocenters. The number of alkyl halides is 4. The zero-order valence-corrected chi connectivity index (χ0v) is 10.2. The molecule has 1 aromatic carbocycles. The summed E-state index contributed by atoms with van der Waals surface area (Å²) in [6.07, 6.45) is -5.75. The Morgan fingerprint density at radius 1 is 1.47 bits per heavy atom. The van der Waals surface area contributed by atoms with E-state index in [9.17, 15) is 23.3 Å². The maximum absolute atomic E-state index is 12.7. The van der Waals surface area contributed by atoms with Crippen molar-refractivity contribution in [2.45, 2.75) is 12.3 Å². The topological polar surface area (TPSA) is 75.4 Å². The summed E-state index contributed by atoms with van der Waals surface area (Å²) in [5.74, 6) is -0.0773. The zero-order chi connectivity index (χ0) is 14.6. The fourth-order valence-electron chi connectivity index (χ4n) is 1.32. The minimum atomic E-state index is -4.83. The number of benzene rings is 1. The predicted octanol–water partition coefficient (Wildman–Crippen LogP) is 2.63. The van der Waals surface area contributed by atoms with Crippen LogP contribution < -0.4 is 5.32 Å². The summed E-state index contributed by atoms with van der Waals surface area (Å²) in [6, 6.07) is 2.52. The highest BCUT2D eigenvalue weighted by Gasteiger charge is 2.38. The molecule has 0 amide bonds. The van der Waals surface area contributed by atoms with Gasteiger partial charge in [-0.15, -0.1) is 11.6 Å². The number of anilines is 1. The van der Waals surface area contributed by atoms with Crippen molar-refractivity contribution in [3.05, 3.63) is 33.9 Å². The molecule has 0 aromatic heterocycles. The average molecular weight is 299 g/mol. The number of rotatable bonds is 5. The molecule has 0 bridgehead atoms. The fourth-order valence-corrected chi connectivity index (χ4v) is 1.43. The lowest BCUT2D eigenvalue weighted by molar-refractivity contribution is -0.388. The third kappa shape index (κ3) is 4.25. The van der Waals surface area contributed by atoms with E-state index >= 15 is 0 Å². The van der Waals surface area contributed by atoms with Gasteiger partial charge in [-0.05, 0) is 12.1 Å². The van der Waals surface area contributed by atoms with Crippen LogP contribution in [0.4, 0.5) is 24.5 Å². The number of nitro benzene ring substituents is 1. The van der Waals surface area contributed by atoms with E-state index in [-0.39, 0.29) is 18.1 Å². The van der Waals surface area contributed by atoms with Gasteiger partial charge in [0.2, 0.25) is 0 Å². The van der Waals surface area contributed by atoms with E-state index < -0.39 is 28.5 Å². The van der Waals surface area contributed by atoms with Gasteiger partial charge in [0.05, 0.1) is 16.9 Å². The Morgan fingerprint density at radius 2 is 2.11 bits per heavy atom. The van der Waals surface area contributed by atoms with Crippen molar-refractivity contribution >= 4 is 23.0 Å². The van der Waals surface area contributed by atoms with Crippen molar-refractivity contribution in [3.8, 4) is 0 Å². The lowest BCUT2D eigenvalue weighted by Crippen LogP contribution is -2.21. The molecule has 1 unspecified atom stereocenters. The Morgan fingerprint density at radius 3 is 2.58 bits per heavy atom. The number of halogens is 4. The maximum atomic E-state index is 12.7. The number of nitrogens with one attached hydrogen (secondary N) is 1. The summed E-state index contributed by atoms with van der Waals surface area (Å²) in [5.41, 5.74) is -2.35. The largest absolute Gasteiger partial charge is 0.423 e. The Labute approximate surface area is 111 Å². The van der Waals surface area contributed by atoms with Crippen LogP contribution in [-0.4, -0.2) is 28.6 Å². The van der Waals surface area contributed by atoms with Gasteiger partial charge in [-0.25, -0.2) is 0 Å². The van der Waals surface area contributed by atoms with Crippen molar-refractivity contribution in [1.29, 1.82) is 0 Å². The molecule has 1 rings (SSSR count). The molecule has 0 aliphatic rings. The number of nitro groups is 1. The summed E-state index contributed by atoms with van der Waals surface area (Å²) in [7, 11) is 0. The van der Waals surface area contributed by atoms with Crippen LogP contribution in [0.2, 0.25) is 0 Å². The molecule has 0 aliphatic heterocycles. The minimum Gasteiger partial charge on any atom is -0.390 e. The fraction of sp³-hybridized carbons (Fsp3) is 0.400. The van der Waals surface area contributed by atoms with E-state index in [2.05, 4.69) is 5.32 Å². The highest BCUT2D eigenvalue weighted by Crippen LogP contribution is 2.37. The van der Waals surface area contributed by atoms with E-state index in [0.29, 0.717) is 6.07 Å². The van der Waals surface area contributed by atoms with Crippen LogP contribution in [0, 0.1) is 10.1 Å². The molecular weight excluding hydrogens is 289 g/mol. The smallest absolute Gasteiger partial charge is 0.390 e. The van der Waals surface area contributed by atoms with Gasteiger partial charge >= 0.3 is 6.18 Å². The van der Waals surface area contributed by atoms with Gasteiger partial charge in [-0.3, -0.25) is 10.1 Å². The zero-order valence-electron chi connectivity index (χ0n) is 9.45. The molecule has 2 N–H and O–H groups in total. The van der Waals surface area contributed by atoms with Crippen molar-refractivity contribution in [1.82, 2.24) is 0 Å². The van der Waals surface area contributed by atoms with Crippen LogP contribution in [0.1, 0.15) is 5.56 Å². The van der Waals surface area contributed by atoms with Crippen molar-refractivity contribution in [3.63, 3.8) is 0 Å². The van der Waals surface area contributed by atoms with Gasteiger partial charge in [0, 0.05) is 18.3 Å². The average Bonchev–Trinajstić information content (AvgIpc) is 2.34. The first-order valence-electron chi connectivity index (χ1n) is 5.09.